The molecule has 1 fully saturated rings. The molecule has 0 saturated carbocycles. The van der Waals surface area contributed by atoms with Gasteiger partial charge in [0.05, 0.1) is 5.69 Å². The highest BCUT2D eigenvalue weighted by Gasteiger charge is 2.37. The van der Waals surface area contributed by atoms with Crippen molar-refractivity contribution in [2.45, 2.75) is 27.2 Å². The third kappa shape index (κ3) is 3.68. The van der Waals surface area contributed by atoms with E-state index in [1.807, 2.05) is 69.3 Å². The van der Waals surface area contributed by atoms with Crippen LogP contribution >= 0.6 is 0 Å². The third-order valence-corrected chi connectivity index (χ3v) is 5.49. The largest absolute Gasteiger partial charge is 0.335 e. The number of para-hydroxylation sites is 1. The van der Waals surface area contributed by atoms with Gasteiger partial charge in [0.15, 0.2) is 0 Å². The van der Waals surface area contributed by atoms with E-state index in [0.717, 1.165) is 39.5 Å². The molecule has 6 heteroatoms. The Balaban J connectivity index is 1.74. The van der Waals surface area contributed by atoms with Gasteiger partial charge in [0.2, 0.25) is 0 Å². The molecule has 31 heavy (non-hydrogen) atoms. The Labute approximate surface area is 180 Å². The summed E-state index contributed by atoms with van der Waals surface area (Å²) in [5, 5.41) is 2.28. The van der Waals surface area contributed by atoms with Crippen LogP contribution in [0.1, 0.15) is 29.4 Å². The van der Waals surface area contributed by atoms with Gasteiger partial charge in [0, 0.05) is 17.1 Å². The highest BCUT2D eigenvalue weighted by atomic mass is 16.2. The number of imide groups is 2. The number of urea groups is 1. The molecule has 0 bridgehead atoms. The van der Waals surface area contributed by atoms with Crippen LogP contribution in [0.4, 0.5) is 10.5 Å². The maximum absolute atomic E-state index is 13.1. The van der Waals surface area contributed by atoms with Crippen molar-refractivity contribution in [3.63, 3.8) is 0 Å². The fourth-order valence-electron chi connectivity index (χ4n) is 3.84. The molecule has 0 spiro atoms. The molecule has 1 aliphatic heterocycles. The molecular formula is C25H23N3O3. The van der Waals surface area contributed by atoms with E-state index in [1.165, 1.54) is 0 Å². The van der Waals surface area contributed by atoms with Crippen molar-refractivity contribution < 1.29 is 14.4 Å². The van der Waals surface area contributed by atoms with Crippen LogP contribution in [0.15, 0.2) is 66.2 Å². The van der Waals surface area contributed by atoms with E-state index < -0.39 is 17.8 Å². The fourth-order valence-corrected chi connectivity index (χ4v) is 3.84. The van der Waals surface area contributed by atoms with Crippen molar-refractivity contribution in [3.05, 3.63) is 88.8 Å². The maximum atomic E-state index is 13.1. The van der Waals surface area contributed by atoms with E-state index in [9.17, 15) is 14.4 Å². The highest BCUT2D eigenvalue weighted by molar-refractivity contribution is 6.39. The Bertz CT molecular complexity index is 1200. The van der Waals surface area contributed by atoms with E-state index in [-0.39, 0.29) is 5.57 Å². The zero-order valence-electron chi connectivity index (χ0n) is 17.7. The van der Waals surface area contributed by atoms with Crippen LogP contribution in [0.25, 0.3) is 11.8 Å². The van der Waals surface area contributed by atoms with Crippen molar-refractivity contribution in [1.29, 1.82) is 0 Å². The SMILES string of the molecule is CCc1ccc(N2C(=O)NC(=O)/C(=C/c3cc(C)n(-c4ccccc4)c3C)C2=O)cc1. The molecule has 1 N–H and O–H groups in total. The van der Waals surface area contributed by atoms with Gasteiger partial charge in [-0.1, -0.05) is 37.3 Å². The minimum Gasteiger partial charge on any atom is -0.318 e. The van der Waals surface area contributed by atoms with Gasteiger partial charge in [-0.05, 0) is 67.8 Å². The monoisotopic (exact) mass is 413 g/mol. The zero-order valence-corrected chi connectivity index (χ0v) is 17.7. The van der Waals surface area contributed by atoms with Gasteiger partial charge in [-0.2, -0.15) is 0 Å². The van der Waals surface area contributed by atoms with Crippen LogP contribution in [0.5, 0.6) is 0 Å². The lowest BCUT2D eigenvalue weighted by Gasteiger charge is -2.26. The number of nitrogens with one attached hydrogen (secondary N) is 1. The number of aryl methyl sites for hydroxylation is 2. The Morgan fingerprint density at radius 3 is 2.23 bits per heavy atom. The molecule has 0 aliphatic carbocycles. The van der Waals surface area contributed by atoms with Crippen molar-refractivity contribution in [1.82, 2.24) is 9.88 Å². The molecule has 1 aliphatic rings. The van der Waals surface area contributed by atoms with E-state index >= 15 is 0 Å². The number of rotatable bonds is 4. The highest BCUT2D eigenvalue weighted by Crippen LogP contribution is 2.26. The van der Waals surface area contributed by atoms with Gasteiger partial charge in [-0.3, -0.25) is 14.9 Å². The maximum Gasteiger partial charge on any atom is 0.335 e. The summed E-state index contributed by atoms with van der Waals surface area (Å²) in [5.41, 5.74) is 5.05. The molecule has 1 saturated heterocycles. The van der Waals surface area contributed by atoms with E-state index in [4.69, 9.17) is 0 Å². The number of hydrogen-bond acceptors (Lipinski definition) is 3. The summed E-state index contributed by atoms with van der Waals surface area (Å²) in [7, 11) is 0. The summed E-state index contributed by atoms with van der Waals surface area (Å²) in [4.78, 5) is 39.1. The van der Waals surface area contributed by atoms with Gasteiger partial charge < -0.3 is 4.57 Å². The normalized spacial score (nSPS) is 15.5. The van der Waals surface area contributed by atoms with Gasteiger partial charge in [-0.25, -0.2) is 9.69 Å². The number of barbiturate groups is 1. The van der Waals surface area contributed by atoms with Gasteiger partial charge in [-0.15, -0.1) is 0 Å². The Morgan fingerprint density at radius 1 is 0.903 bits per heavy atom. The molecule has 6 nitrogen and oxygen atoms in total. The van der Waals surface area contributed by atoms with E-state index in [0.29, 0.717) is 5.69 Å². The minimum absolute atomic E-state index is 0.0764. The number of amides is 4. The topological polar surface area (TPSA) is 71.4 Å². The Hall–Kier alpha value is -3.93. The van der Waals surface area contributed by atoms with E-state index in [1.54, 1.807) is 18.2 Å². The standard InChI is InChI=1S/C25H23N3O3/c1-4-18-10-12-21(13-11-18)28-24(30)22(23(29)26-25(28)31)15-19-14-16(2)27(17(19)3)20-8-6-5-7-9-20/h5-15H,4H2,1-3H3,(H,26,29,31)/b22-15-. The minimum atomic E-state index is -0.744. The van der Waals surface area contributed by atoms with Crippen LogP contribution < -0.4 is 10.2 Å². The summed E-state index contributed by atoms with van der Waals surface area (Å²) in [5.74, 6) is -1.33. The summed E-state index contributed by atoms with van der Waals surface area (Å²) < 4.78 is 2.06. The van der Waals surface area contributed by atoms with E-state index in [2.05, 4.69) is 9.88 Å². The summed E-state index contributed by atoms with van der Waals surface area (Å²) in [6, 6.07) is 18.2. The molecule has 156 valence electrons. The number of carbonyl (C=O) groups is 3. The summed E-state index contributed by atoms with van der Waals surface area (Å²) in [6.45, 7) is 5.93. The number of carbonyl (C=O) groups excluding carboxylic acids is 3. The number of nitrogens with zero attached hydrogens (tertiary/aromatic N) is 2. The molecule has 2 heterocycles. The number of anilines is 1. The van der Waals surface area contributed by atoms with Gasteiger partial charge in [0.25, 0.3) is 11.8 Å². The average molecular weight is 413 g/mol. The first-order chi connectivity index (χ1) is 14.9. The predicted octanol–water partition coefficient (Wildman–Crippen LogP) is 4.32. The van der Waals surface area contributed by atoms with Crippen LogP contribution in [0.3, 0.4) is 0 Å². The van der Waals surface area contributed by atoms with Crippen molar-refractivity contribution in [2.24, 2.45) is 0 Å². The summed E-state index contributed by atoms with van der Waals surface area (Å²) >= 11 is 0. The van der Waals surface area contributed by atoms with Crippen LogP contribution in [0, 0.1) is 13.8 Å². The second kappa shape index (κ2) is 8.07. The Kier molecular flexibility index (Phi) is 5.29. The number of hydrogen-bond donors (Lipinski definition) is 1. The lowest BCUT2D eigenvalue weighted by molar-refractivity contribution is -0.122. The molecule has 1 aromatic heterocycles. The van der Waals surface area contributed by atoms with Crippen LogP contribution in [0.2, 0.25) is 0 Å². The predicted molar refractivity (Wildman–Crippen MR) is 120 cm³/mol. The molecule has 3 aromatic rings. The van der Waals surface area contributed by atoms with Gasteiger partial charge in [0.1, 0.15) is 5.57 Å². The van der Waals surface area contributed by atoms with Crippen LogP contribution in [-0.2, 0) is 16.0 Å². The molecule has 0 radical (unpaired) electrons. The lowest BCUT2D eigenvalue weighted by atomic mass is 10.1. The molecule has 0 atom stereocenters. The fraction of sp³-hybridized carbons (Fsp3) is 0.160. The second-order valence-electron chi connectivity index (χ2n) is 7.48. The number of aromatic nitrogens is 1. The molecular weight excluding hydrogens is 390 g/mol. The second-order valence-corrected chi connectivity index (χ2v) is 7.48. The van der Waals surface area contributed by atoms with Crippen molar-refractivity contribution >= 4 is 29.6 Å². The quantitative estimate of drug-likeness (QED) is 0.511. The molecule has 4 rings (SSSR count). The smallest absolute Gasteiger partial charge is 0.318 e. The number of benzene rings is 2. The first kappa shape index (κ1) is 20.3. The molecule has 4 amide bonds. The first-order valence-corrected chi connectivity index (χ1v) is 10.2. The van der Waals surface area contributed by atoms with Crippen molar-refractivity contribution in [3.8, 4) is 5.69 Å². The van der Waals surface area contributed by atoms with Crippen molar-refractivity contribution in [2.75, 3.05) is 4.90 Å². The van der Waals surface area contributed by atoms with Crippen LogP contribution in [-0.4, -0.2) is 22.4 Å². The molecule has 2 aromatic carbocycles. The van der Waals surface area contributed by atoms with Gasteiger partial charge >= 0.3 is 6.03 Å². The summed E-state index contributed by atoms with van der Waals surface area (Å²) in [6.07, 6.45) is 2.40. The average Bonchev–Trinajstić information content (AvgIpc) is 3.05. The molecule has 0 unspecified atom stereocenters. The first-order valence-electron chi connectivity index (χ1n) is 10.2. The third-order valence-electron chi connectivity index (χ3n) is 5.49. The zero-order chi connectivity index (χ0) is 22.1. The Morgan fingerprint density at radius 2 is 1.58 bits per heavy atom. The lowest BCUT2D eigenvalue weighted by Crippen LogP contribution is -2.54.